The second-order valence-corrected chi connectivity index (χ2v) is 9.84. The molecule has 9 nitrogen and oxygen atoms in total. The normalized spacial score (nSPS) is 13.6. The van der Waals surface area contributed by atoms with E-state index in [0.29, 0.717) is 52.3 Å². The summed E-state index contributed by atoms with van der Waals surface area (Å²) in [5.41, 5.74) is 2.00. The number of ether oxygens (including phenoxy) is 1. The minimum absolute atomic E-state index is 0.0690. The molecule has 0 unspecified atom stereocenters. The highest BCUT2D eigenvalue weighted by Crippen LogP contribution is 2.47. The zero-order valence-corrected chi connectivity index (χ0v) is 22.0. The molecule has 1 aliphatic rings. The van der Waals surface area contributed by atoms with E-state index in [1.165, 1.54) is 36.4 Å². The van der Waals surface area contributed by atoms with E-state index in [1.807, 2.05) is 6.92 Å². The highest BCUT2D eigenvalue weighted by Gasteiger charge is 2.56. The molecule has 0 radical (unpaired) electrons. The van der Waals surface area contributed by atoms with Crippen LogP contribution in [0.25, 0.3) is 22.2 Å². The first-order valence-electron chi connectivity index (χ1n) is 12.8. The van der Waals surface area contributed by atoms with E-state index in [0.717, 1.165) is 11.6 Å². The fraction of sp³-hybridized carbons (Fsp3) is 0.167. The van der Waals surface area contributed by atoms with E-state index >= 15 is 4.39 Å². The Kier molecular flexibility index (Phi) is 6.41. The molecule has 3 aromatic heterocycles. The van der Waals surface area contributed by atoms with Gasteiger partial charge in [0, 0.05) is 29.8 Å². The van der Waals surface area contributed by atoms with Crippen molar-refractivity contribution in [3.63, 3.8) is 0 Å². The Hall–Kier alpha value is -5.19. The van der Waals surface area contributed by atoms with Crippen LogP contribution in [0.5, 0.6) is 11.5 Å². The van der Waals surface area contributed by atoms with Gasteiger partial charge in [0.2, 0.25) is 11.8 Å². The molecule has 2 amide bonds. The van der Waals surface area contributed by atoms with Gasteiger partial charge >= 0.3 is 0 Å². The Morgan fingerprint density at radius 3 is 2.27 bits per heavy atom. The number of nitrogens with zero attached hydrogens (tertiary/aromatic N) is 3. The Balaban J connectivity index is 1.17. The molecule has 206 valence electrons. The largest absolute Gasteiger partial charge is 0.453 e. The minimum Gasteiger partial charge on any atom is -0.453 e. The van der Waals surface area contributed by atoms with Crippen molar-refractivity contribution < 1.29 is 27.6 Å². The van der Waals surface area contributed by atoms with Crippen LogP contribution in [-0.4, -0.2) is 26.9 Å². The molecule has 0 bridgehead atoms. The van der Waals surface area contributed by atoms with Crippen LogP contribution in [0.2, 0.25) is 0 Å². The van der Waals surface area contributed by atoms with Crippen LogP contribution in [-0.2, 0) is 9.59 Å². The number of aromatic nitrogens is 3. The topological polar surface area (TPSA) is 119 Å². The number of hydrogen-bond donors (Lipinski definition) is 2. The smallest absolute Gasteiger partial charge is 0.240 e. The van der Waals surface area contributed by atoms with Crippen molar-refractivity contribution in [2.75, 3.05) is 10.6 Å². The Labute approximate surface area is 232 Å². The summed E-state index contributed by atoms with van der Waals surface area (Å²) >= 11 is 0. The summed E-state index contributed by atoms with van der Waals surface area (Å²) in [6.45, 7) is 3.63. The van der Waals surface area contributed by atoms with Gasteiger partial charge in [-0.2, -0.15) is 0 Å². The predicted molar refractivity (Wildman–Crippen MR) is 146 cm³/mol. The van der Waals surface area contributed by atoms with Crippen LogP contribution in [0, 0.1) is 30.9 Å². The highest BCUT2D eigenvalue weighted by molar-refractivity contribution is 6.16. The summed E-state index contributed by atoms with van der Waals surface area (Å²) in [4.78, 5) is 34.6. The maximum atomic E-state index is 15.1. The lowest BCUT2D eigenvalue weighted by atomic mass is 10.0. The van der Waals surface area contributed by atoms with Crippen LogP contribution >= 0.6 is 0 Å². The number of benzene rings is 2. The molecule has 2 N–H and O–H groups in total. The zero-order chi connectivity index (χ0) is 28.7. The van der Waals surface area contributed by atoms with Crippen molar-refractivity contribution in [3.8, 4) is 22.8 Å². The predicted octanol–water partition coefficient (Wildman–Crippen LogP) is 6.33. The molecular weight excluding hydrogens is 532 g/mol. The lowest BCUT2D eigenvalue weighted by Crippen LogP contribution is -2.35. The number of fused-ring (bicyclic) bond motifs is 1. The molecule has 5 aromatic rings. The Morgan fingerprint density at radius 2 is 1.61 bits per heavy atom. The second kappa shape index (κ2) is 10.1. The first-order valence-corrected chi connectivity index (χ1v) is 12.8. The van der Waals surface area contributed by atoms with Crippen LogP contribution in [0.3, 0.4) is 0 Å². The van der Waals surface area contributed by atoms with Gasteiger partial charge in [-0.15, -0.1) is 0 Å². The molecule has 1 fully saturated rings. The van der Waals surface area contributed by atoms with Crippen molar-refractivity contribution >= 4 is 34.1 Å². The minimum atomic E-state index is -1.27. The molecule has 11 heteroatoms. The molecule has 0 atom stereocenters. The number of hydrogen-bond acceptors (Lipinski definition) is 7. The monoisotopic (exact) mass is 555 g/mol. The van der Waals surface area contributed by atoms with Gasteiger partial charge in [0.05, 0.1) is 27.9 Å². The molecular formula is C30H23F2N5O4. The summed E-state index contributed by atoms with van der Waals surface area (Å²) in [6, 6.07) is 12.6. The lowest BCUT2D eigenvalue weighted by molar-refractivity contribution is -0.131. The molecule has 0 aliphatic heterocycles. The van der Waals surface area contributed by atoms with Crippen molar-refractivity contribution in [1.82, 2.24) is 15.1 Å². The van der Waals surface area contributed by atoms with E-state index in [9.17, 15) is 14.0 Å². The molecule has 1 aliphatic carbocycles. The van der Waals surface area contributed by atoms with E-state index in [-0.39, 0.29) is 11.4 Å². The van der Waals surface area contributed by atoms with Gasteiger partial charge in [-0.1, -0.05) is 5.16 Å². The number of carbonyl (C=O) groups is 2. The van der Waals surface area contributed by atoms with Crippen molar-refractivity contribution in [3.05, 3.63) is 90.1 Å². The van der Waals surface area contributed by atoms with Gasteiger partial charge in [-0.3, -0.25) is 19.6 Å². The van der Waals surface area contributed by atoms with E-state index in [1.54, 1.807) is 31.5 Å². The van der Waals surface area contributed by atoms with Gasteiger partial charge in [0.1, 0.15) is 22.7 Å². The quantitative estimate of drug-likeness (QED) is 0.225. The third kappa shape index (κ3) is 4.97. The molecule has 3 heterocycles. The van der Waals surface area contributed by atoms with Crippen LogP contribution < -0.4 is 15.4 Å². The highest BCUT2D eigenvalue weighted by atomic mass is 19.1. The van der Waals surface area contributed by atoms with Crippen molar-refractivity contribution in [2.24, 2.45) is 5.41 Å². The number of nitrogens with one attached hydrogen (secondary N) is 2. The van der Waals surface area contributed by atoms with Crippen LogP contribution in [0.15, 0.2) is 71.5 Å². The number of amides is 2. The number of halogens is 2. The fourth-order valence-electron chi connectivity index (χ4n) is 4.59. The number of rotatable bonds is 7. The summed E-state index contributed by atoms with van der Waals surface area (Å²) in [7, 11) is 0. The summed E-state index contributed by atoms with van der Waals surface area (Å²) in [5.74, 6) is -1.29. The first kappa shape index (κ1) is 26.1. The second-order valence-electron chi connectivity index (χ2n) is 9.84. The SMILES string of the molecule is Cc1noc(C)c1-c1cc2nccc(Oc3ccc(NC(=O)C4(C(=O)Nc5ccc(F)cc5)CC4)cc3F)c2cn1. The maximum absolute atomic E-state index is 15.1. The van der Waals surface area contributed by atoms with Gasteiger partial charge in [0.15, 0.2) is 11.6 Å². The standard InChI is InChI=1S/C30H23F2N5O4/c1-16-27(17(2)41-37-16)24-14-23-21(15-34-24)25(9-12-33-23)40-26-8-7-20(13-22(26)32)36-29(39)30(10-11-30)28(38)35-19-5-3-18(31)4-6-19/h3-9,12-15H,10-11H2,1-2H3,(H,35,38)(H,36,39). The number of carbonyl (C=O) groups excluding carboxylic acids is 2. The first-order chi connectivity index (χ1) is 19.7. The van der Waals surface area contributed by atoms with Gasteiger partial charge in [-0.25, -0.2) is 8.78 Å². The molecule has 6 rings (SSSR count). The molecule has 2 aromatic carbocycles. The van der Waals surface area contributed by atoms with Gasteiger partial charge in [-0.05, 0) is 75.2 Å². The Morgan fingerprint density at radius 1 is 0.902 bits per heavy atom. The van der Waals surface area contributed by atoms with E-state index < -0.39 is 28.9 Å². The van der Waals surface area contributed by atoms with Crippen LogP contribution in [0.4, 0.5) is 20.2 Å². The third-order valence-corrected chi connectivity index (χ3v) is 7.01. The van der Waals surface area contributed by atoms with Gasteiger partial charge in [0.25, 0.3) is 0 Å². The molecule has 41 heavy (non-hydrogen) atoms. The molecule has 1 saturated carbocycles. The molecule has 0 spiro atoms. The summed E-state index contributed by atoms with van der Waals surface area (Å²) < 4.78 is 39.3. The van der Waals surface area contributed by atoms with E-state index in [2.05, 4.69) is 25.8 Å². The number of aryl methyl sites for hydroxylation is 2. The van der Waals surface area contributed by atoms with Crippen molar-refractivity contribution in [1.29, 1.82) is 0 Å². The zero-order valence-electron chi connectivity index (χ0n) is 22.0. The summed E-state index contributed by atoms with van der Waals surface area (Å²) in [6.07, 6.45) is 3.83. The maximum Gasteiger partial charge on any atom is 0.240 e. The number of anilines is 2. The molecule has 0 saturated heterocycles. The number of pyridine rings is 2. The van der Waals surface area contributed by atoms with Crippen LogP contribution in [0.1, 0.15) is 24.3 Å². The Bertz CT molecular complexity index is 1800. The van der Waals surface area contributed by atoms with Gasteiger partial charge < -0.3 is 19.9 Å². The fourth-order valence-corrected chi connectivity index (χ4v) is 4.59. The lowest BCUT2D eigenvalue weighted by Gasteiger charge is -2.16. The van der Waals surface area contributed by atoms with E-state index in [4.69, 9.17) is 9.26 Å². The van der Waals surface area contributed by atoms with Crippen molar-refractivity contribution in [2.45, 2.75) is 26.7 Å². The third-order valence-electron chi connectivity index (χ3n) is 7.01. The average Bonchev–Trinajstić information content (AvgIpc) is 3.71. The summed E-state index contributed by atoms with van der Waals surface area (Å²) in [5, 5.41) is 9.80. The average molecular weight is 556 g/mol.